The fourth-order valence-corrected chi connectivity index (χ4v) is 1.99. The second-order valence-corrected chi connectivity index (χ2v) is 5.19. The summed E-state index contributed by atoms with van der Waals surface area (Å²) in [6.45, 7) is 8.23. The molecule has 0 saturated carbocycles. The van der Waals surface area contributed by atoms with Crippen LogP contribution >= 0.6 is 0 Å². The number of furan rings is 1. The zero-order valence-electron chi connectivity index (χ0n) is 12.7. The van der Waals surface area contributed by atoms with Gasteiger partial charge in [-0.3, -0.25) is 0 Å². The van der Waals surface area contributed by atoms with Gasteiger partial charge in [0.15, 0.2) is 0 Å². The Morgan fingerprint density at radius 3 is 2.40 bits per heavy atom. The first-order chi connectivity index (χ1) is 9.52. The molecule has 0 spiro atoms. The highest BCUT2D eigenvalue weighted by molar-refractivity contribution is 5.57. The van der Waals surface area contributed by atoms with Crippen LogP contribution in [0.3, 0.4) is 0 Å². The Morgan fingerprint density at radius 2 is 1.85 bits per heavy atom. The van der Waals surface area contributed by atoms with E-state index in [-0.39, 0.29) is 12.0 Å². The molecule has 2 aromatic heterocycles. The molecule has 0 amide bonds. The molecular formula is C15H22N4O. The summed E-state index contributed by atoms with van der Waals surface area (Å²) in [5.74, 6) is 3.70. The SMILES string of the molecule is CNc1nc(C(C)C)nc(NC(C)c2ccco2)c1C. The summed E-state index contributed by atoms with van der Waals surface area (Å²) in [6, 6.07) is 3.90. The fraction of sp³-hybridized carbons (Fsp3) is 0.467. The molecule has 5 heteroatoms. The summed E-state index contributed by atoms with van der Waals surface area (Å²) in [5, 5.41) is 6.52. The van der Waals surface area contributed by atoms with E-state index in [0.29, 0.717) is 0 Å². The second-order valence-electron chi connectivity index (χ2n) is 5.19. The van der Waals surface area contributed by atoms with Crippen LogP contribution in [0.25, 0.3) is 0 Å². The molecule has 2 N–H and O–H groups in total. The first-order valence-electron chi connectivity index (χ1n) is 6.89. The van der Waals surface area contributed by atoms with E-state index in [4.69, 9.17) is 4.42 Å². The Balaban J connectivity index is 2.32. The average molecular weight is 274 g/mol. The Labute approximate surface area is 119 Å². The van der Waals surface area contributed by atoms with E-state index in [1.54, 1.807) is 6.26 Å². The van der Waals surface area contributed by atoms with Gasteiger partial charge in [0.2, 0.25) is 0 Å². The number of hydrogen-bond donors (Lipinski definition) is 2. The van der Waals surface area contributed by atoms with Crippen LogP contribution in [-0.4, -0.2) is 17.0 Å². The van der Waals surface area contributed by atoms with E-state index in [1.807, 2.05) is 26.1 Å². The van der Waals surface area contributed by atoms with Gasteiger partial charge in [0.05, 0.1) is 12.3 Å². The summed E-state index contributed by atoms with van der Waals surface area (Å²) in [4.78, 5) is 9.16. The van der Waals surface area contributed by atoms with Gasteiger partial charge in [-0.2, -0.15) is 0 Å². The zero-order valence-corrected chi connectivity index (χ0v) is 12.7. The Hall–Kier alpha value is -2.04. The van der Waals surface area contributed by atoms with Crippen molar-refractivity contribution in [3.63, 3.8) is 0 Å². The molecule has 0 bridgehead atoms. The largest absolute Gasteiger partial charge is 0.467 e. The third-order valence-electron chi connectivity index (χ3n) is 3.24. The molecule has 2 aromatic rings. The van der Waals surface area contributed by atoms with Gasteiger partial charge in [0, 0.05) is 18.5 Å². The molecule has 1 atom stereocenters. The van der Waals surface area contributed by atoms with Crippen LogP contribution in [0, 0.1) is 6.92 Å². The molecular weight excluding hydrogens is 252 g/mol. The monoisotopic (exact) mass is 274 g/mol. The van der Waals surface area contributed by atoms with Crippen molar-refractivity contribution in [2.24, 2.45) is 0 Å². The van der Waals surface area contributed by atoms with Crippen molar-refractivity contribution < 1.29 is 4.42 Å². The first kappa shape index (κ1) is 14.4. The minimum Gasteiger partial charge on any atom is -0.467 e. The number of rotatable bonds is 5. The quantitative estimate of drug-likeness (QED) is 0.870. The molecule has 0 fully saturated rings. The highest BCUT2D eigenvalue weighted by atomic mass is 16.3. The maximum atomic E-state index is 5.42. The van der Waals surface area contributed by atoms with Crippen LogP contribution in [-0.2, 0) is 0 Å². The highest BCUT2D eigenvalue weighted by Gasteiger charge is 2.15. The van der Waals surface area contributed by atoms with E-state index >= 15 is 0 Å². The molecule has 0 aliphatic carbocycles. The molecule has 2 heterocycles. The zero-order chi connectivity index (χ0) is 14.7. The van der Waals surface area contributed by atoms with Gasteiger partial charge in [-0.25, -0.2) is 9.97 Å². The van der Waals surface area contributed by atoms with Gasteiger partial charge in [-0.15, -0.1) is 0 Å². The van der Waals surface area contributed by atoms with Crippen molar-refractivity contribution in [2.75, 3.05) is 17.7 Å². The molecule has 5 nitrogen and oxygen atoms in total. The third kappa shape index (κ3) is 2.92. The third-order valence-corrected chi connectivity index (χ3v) is 3.24. The summed E-state index contributed by atoms with van der Waals surface area (Å²) in [6.07, 6.45) is 1.68. The number of nitrogens with zero attached hydrogens (tertiary/aromatic N) is 2. The number of anilines is 2. The van der Waals surface area contributed by atoms with Crippen molar-refractivity contribution in [3.05, 3.63) is 35.5 Å². The molecule has 0 saturated heterocycles. The van der Waals surface area contributed by atoms with Gasteiger partial charge < -0.3 is 15.1 Å². The summed E-state index contributed by atoms with van der Waals surface area (Å²) >= 11 is 0. The van der Waals surface area contributed by atoms with Gasteiger partial charge in [0.1, 0.15) is 23.2 Å². The predicted molar refractivity (Wildman–Crippen MR) is 81.2 cm³/mol. The number of nitrogens with one attached hydrogen (secondary N) is 2. The second kappa shape index (κ2) is 5.94. The lowest BCUT2D eigenvalue weighted by atomic mass is 10.2. The minimum atomic E-state index is 0.0586. The summed E-state index contributed by atoms with van der Waals surface area (Å²) in [5.41, 5.74) is 1.01. The number of aromatic nitrogens is 2. The predicted octanol–water partition coefficient (Wildman–Crippen LogP) is 3.72. The van der Waals surface area contributed by atoms with Crippen LogP contribution in [0.4, 0.5) is 11.6 Å². The lowest BCUT2D eigenvalue weighted by Gasteiger charge is -2.18. The summed E-state index contributed by atoms with van der Waals surface area (Å²) in [7, 11) is 1.87. The van der Waals surface area contributed by atoms with Crippen LogP contribution in [0.1, 0.15) is 49.9 Å². The molecule has 0 aliphatic heterocycles. The van der Waals surface area contributed by atoms with Crippen molar-refractivity contribution in [2.45, 2.75) is 39.7 Å². The smallest absolute Gasteiger partial charge is 0.135 e. The van der Waals surface area contributed by atoms with Crippen molar-refractivity contribution in [1.82, 2.24) is 9.97 Å². The van der Waals surface area contributed by atoms with Crippen molar-refractivity contribution >= 4 is 11.6 Å². The van der Waals surface area contributed by atoms with Crippen LogP contribution in [0.5, 0.6) is 0 Å². The molecule has 108 valence electrons. The molecule has 20 heavy (non-hydrogen) atoms. The lowest BCUT2D eigenvalue weighted by molar-refractivity contribution is 0.490. The van der Waals surface area contributed by atoms with Crippen molar-refractivity contribution in [1.29, 1.82) is 0 Å². The Bertz CT molecular complexity index is 564. The first-order valence-corrected chi connectivity index (χ1v) is 6.89. The van der Waals surface area contributed by atoms with E-state index in [2.05, 4.69) is 41.4 Å². The fourth-order valence-electron chi connectivity index (χ4n) is 1.99. The van der Waals surface area contributed by atoms with Gasteiger partial charge in [0.25, 0.3) is 0 Å². The topological polar surface area (TPSA) is 63.0 Å². The van der Waals surface area contributed by atoms with Crippen LogP contribution in [0.15, 0.2) is 22.8 Å². The highest BCUT2D eigenvalue weighted by Crippen LogP contribution is 2.26. The molecule has 0 aromatic carbocycles. The lowest BCUT2D eigenvalue weighted by Crippen LogP contribution is -2.13. The molecule has 1 unspecified atom stereocenters. The standard InChI is InChI=1S/C15H22N4O/c1-9(2)13-18-14(16-5)10(3)15(19-13)17-11(4)12-7-6-8-20-12/h6-9,11H,1-5H3,(H2,16,17,18,19). The minimum absolute atomic E-state index is 0.0586. The normalized spacial score (nSPS) is 12.5. The van der Waals surface area contributed by atoms with Gasteiger partial charge >= 0.3 is 0 Å². The maximum absolute atomic E-state index is 5.42. The van der Waals surface area contributed by atoms with E-state index < -0.39 is 0 Å². The van der Waals surface area contributed by atoms with Gasteiger partial charge in [-0.1, -0.05) is 13.8 Å². The molecule has 0 aliphatic rings. The number of hydrogen-bond acceptors (Lipinski definition) is 5. The molecule has 0 radical (unpaired) electrons. The van der Waals surface area contributed by atoms with Gasteiger partial charge in [-0.05, 0) is 26.0 Å². The van der Waals surface area contributed by atoms with E-state index in [9.17, 15) is 0 Å². The van der Waals surface area contributed by atoms with Crippen LogP contribution < -0.4 is 10.6 Å². The van der Waals surface area contributed by atoms with E-state index in [1.165, 1.54) is 0 Å². The average Bonchev–Trinajstić information content (AvgIpc) is 2.94. The van der Waals surface area contributed by atoms with Crippen molar-refractivity contribution in [3.8, 4) is 0 Å². The maximum Gasteiger partial charge on any atom is 0.135 e. The van der Waals surface area contributed by atoms with Crippen LogP contribution in [0.2, 0.25) is 0 Å². The summed E-state index contributed by atoms with van der Waals surface area (Å²) < 4.78 is 5.42. The molecule has 2 rings (SSSR count). The Kier molecular flexibility index (Phi) is 4.27. The Morgan fingerprint density at radius 1 is 1.15 bits per heavy atom. The van der Waals surface area contributed by atoms with E-state index in [0.717, 1.165) is 28.8 Å².